The van der Waals surface area contributed by atoms with Crippen LogP contribution in [0, 0.1) is 0 Å². The molecule has 7 heteroatoms. The van der Waals surface area contributed by atoms with Crippen LogP contribution in [-0.2, 0) is 5.54 Å². The van der Waals surface area contributed by atoms with Gasteiger partial charge in [-0.1, -0.05) is 35.5 Å². The summed E-state index contributed by atoms with van der Waals surface area (Å²) in [6, 6.07) is 10.5. The standard InChI is InChI=1S/C17H22N4OS.ClH/c18-17(7-4-8-17)16-19-15(22-20-16)14(13-5-2-1-3-6-13)21-9-11-23-12-10-21;/h1-3,5-6,14H,4,7-12,18H2;1H. The Hall–Kier alpha value is -1.08. The van der Waals surface area contributed by atoms with Gasteiger partial charge < -0.3 is 10.3 Å². The number of benzene rings is 1. The molecule has 4 rings (SSSR count). The number of thioether (sulfide) groups is 1. The Balaban J connectivity index is 0.00000169. The van der Waals surface area contributed by atoms with Crippen LogP contribution in [0.5, 0.6) is 0 Å². The smallest absolute Gasteiger partial charge is 0.248 e. The molecule has 0 spiro atoms. The Kier molecular flexibility index (Phi) is 5.49. The van der Waals surface area contributed by atoms with Gasteiger partial charge in [-0.3, -0.25) is 4.90 Å². The van der Waals surface area contributed by atoms with Gasteiger partial charge in [-0.15, -0.1) is 12.4 Å². The average molecular weight is 367 g/mol. The van der Waals surface area contributed by atoms with Crippen molar-refractivity contribution in [3.63, 3.8) is 0 Å². The molecule has 0 amide bonds. The van der Waals surface area contributed by atoms with E-state index in [-0.39, 0.29) is 24.0 Å². The number of nitrogens with two attached hydrogens (primary N) is 1. The zero-order valence-electron chi connectivity index (χ0n) is 13.6. The van der Waals surface area contributed by atoms with Gasteiger partial charge in [-0.25, -0.2) is 0 Å². The molecule has 1 aromatic heterocycles. The first-order valence-electron chi connectivity index (χ1n) is 8.26. The second-order valence-electron chi connectivity index (χ2n) is 6.43. The largest absolute Gasteiger partial charge is 0.337 e. The van der Waals surface area contributed by atoms with Gasteiger partial charge in [-0.05, 0) is 24.8 Å². The minimum atomic E-state index is -0.374. The highest BCUT2D eigenvalue weighted by molar-refractivity contribution is 7.99. The molecule has 5 nitrogen and oxygen atoms in total. The van der Waals surface area contributed by atoms with Crippen molar-refractivity contribution in [3.8, 4) is 0 Å². The van der Waals surface area contributed by atoms with Gasteiger partial charge >= 0.3 is 0 Å². The maximum Gasteiger partial charge on any atom is 0.248 e. The fourth-order valence-electron chi connectivity index (χ4n) is 3.31. The third kappa shape index (κ3) is 3.33. The van der Waals surface area contributed by atoms with Crippen molar-refractivity contribution >= 4 is 24.2 Å². The SMILES string of the molecule is Cl.NC1(c2noc(C(c3ccccc3)N3CCSCC3)n2)CCC1. The molecule has 0 radical (unpaired) electrons. The maximum absolute atomic E-state index is 6.35. The van der Waals surface area contributed by atoms with Crippen molar-refractivity contribution in [2.24, 2.45) is 5.73 Å². The van der Waals surface area contributed by atoms with Gasteiger partial charge in [0.1, 0.15) is 6.04 Å². The zero-order chi connectivity index (χ0) is 15.7. The molecule has 1 aliphatic heterocycles. The number of rotatable bonds is 4. The van der Waals surface area contributed by atoms with Crippen molar-refractivity contribution in [1.29, 1.82) is 0 Å². The summed E-state index contributed by atoms with van der Waals surface area (Å²) in [6.45, 7) is 2.07. The minimum absolute atomic E-state index is 0. The van der Waals surface area contributed by atoms with Crippen LogP contribution in [-0.4, -0.2) is 39.6 Å². The first-order chi connectivity index (χ1) is 11.3. The molecule has 1 saturated carbocycles. The highest BCUT2D eigenvalue weighted by Gasteiger charge is 2.40. The second kappa shape index (κ2) is 7.44. The third-order valence-electron chi connectivity index (χ3n) is 4.89. The van der Waals surface area contributed by atoms with Gasteiger partial charge in [0.25, 0.3) is 0 Å². The monoisotopic (exact) mass is 366 g/mol. The van der Waals surface area contributed by atoms with Crippen LogP contribution >= 0.6 is 24.2 Å². The summed E-state index contributed by atoms with van der Waals surface area (Å²) in [5.41, 5.74) is 7.18. The predicted octanol–water partition coefficient (Wildman–Crippen LogP) is 2.97. The van der Waals surface area contributed by atoms with Crippen molar-refractivity contribution in [3.05, 3.63) is 47.6 Å². The molecule has 1 aliphatic carbocycles. The predicted molar refractivity (Wildman–Crippen MR) is 98.4 cm³/mol. The van der Waals surface area contributed by atoms with Crippen LogP contribution < -0.4 is 5.73 Å². The van der Waals surface area contributed by atoms with Crippen LogP contribution in [0.25, 0.3) is 0 Å². The maximum atomic E-state index is 6.35. The van der Waals surface area contributed by atoms with E-state index in [9.17, 15) is 0 Å². The van der Waals surface area contributed by atoms with E-state index >= 15 is 0 Å². The molecule has 2 fully saturated rings. The summed E-state index contributed by atoms with van der Waals surface area (Å²) in [7, 11) is 0. The first-order valence-corrected chi connectivity index (χ1v) is 9.41. The summed E-state index contributed by atoms with van der Waals surface area (Å²) < 4.78 is 5.67. The van der Waals surface area contributed by atoms with Crippen molar-refractivity contribution in [2.45, 2.75) is 30.8 Å². The molecule has 24 heavy (non-hydrogen) atoms. The van der Waals surface area contributed by atoms with Crippen LogP contribution in [0.1, 0.15) is 42.6 Å². The molecule has 2 heterocycles. The van der Waals surface area contributed by atoms with Crippen LogP contribution in [0.15, 0.2) is 34.9 Å². The number of aromatic nitrogens is 2. The van der Waals surface area contributed by atoms with Gasteiger partial charge in [0.15, 0.2) is 5.82 Å². The van der Waals surface area contributed by atoms with Crippen LogP contribution in [0.3, 0.4) is 0 Å². The lowest BCUT2D eigenvalue weighted by Crippen LogP contribution is -2.44. The quantitative estimate of drug-likeness (QED) is 0.897. The van der Waals surface area contributed by atoms with Crippen molar-refractivity contribution in [1.82, 2.24) is 15.0 Å². The van der Waals surface area contributed by atoms with Crippen molar-refractivity contribution in [2.75, 3.05) is 24.6 Å². The fourth-order valence-corrected chi connectivity index (χ4v) is 4.24. The average Bonchev–Trinajstić information content (AvgIpc) is 3.05. The van der Waals surface area contributed by atoms with E-state index in [2.05, 4.69) is 34.3 Å². The third-order valence-corrected chi connectivity index (χ3v) is 5.84. The summed E-state index contributed by atoms with van der Waals surface area (Å²) in [5, 5.41) is 4.21. The Morgan fingerprint density at radius 2 is 1.88 bits per heavy atom. The van der Waals surface area contributed by atoms with Gasteiger partial charge in [-0.2, -0.15) is 16.7 Å². The lowest BCUT2D eigenvalue weighted by molar-refractivity contribution is 0.201. The van der Waals surface area contributed by atoms with E-state index in [1.54, 1.807) is 0 Å². The zero-order valence-corrected chi connectivity index (χ0v) is 15.2. The highest BCUT2D eigenvalue weighted by atomic mass is 35.5. The Labute approximate surface area is 152 Å². The molecule has 130 valence electrons. The van der Waals surface area contributed by atoms with E-state index in [1.807, 2.05) is 17.8 Å². The lowest BCUT2D eigenvalue weighted by atomic mass is 9.77. The summed E-state index contributed by atoms with van der Waals surface area (Å²) in [5.74, 6) is 3.64. The van der Waals surface area contributed by atoms with E-state index < -0.39 is 0 Å². The first kappa shape index (κ1) is 17.7. The Morgan fingerprint density at radius 1 is 1.17 bits per heavy atom. The molecule has 2 N–H and O–H groups in total. The Bertz CT molecular complexity index is 656. The van der Waals surface area contributed by atoms with E-state index in [0.717, 1.165) is 43.9 Å². The number of hydrogen-bond acceptors (Lipinski definition) is 6. The fraction of sp³-hybridized carbons (Fsp3) is 0.529. The van der Waals surface area contributed by atoms with E-state index in [4.69, 9.17) is 15.2 Å². The van der Waals surface area contributed by atoms with Gasteiger partial charge in [0, 0.05) is 24.6 Å². The topological polar surface area (TPSA) is 68.2 Å². The molecule has 2 aromatic rings. The summed E-state index contributed by atoms with van der Waals surface area (Å²) in [6.07, 6.45) is 3.04. The van der Waals surface area contributed by atoms with E-state index in [1.165, 1.54) is 5.56 Å². The van der Waals surface area contributed by atoms with Gasteiger partial charge in [0.05, 0.1) is 5.54 Å². The number of nitrogens with zero attached hydrogens (tertiary/aromatic N) is 3. The summed E-state index contributed by atoms with van der Waals surface area (Å²) >= 11 is 2.00. The second-order valence-corrected chi connectivity index (χ2v) is 7.65. The molecule has 0 bridgehead atoms. The molecular weight excluding hydrogens is 344 g/mol. The normalized spacial score (nSPS) is 21.5. The summed E-state index contributed by atoms with van der Waals surface area (Å²) in [4.78, 5) is 7.14. The molecule has 1 saturated heterocycles. The Morgan fingerprint density at radius 3 is 2.50 bits per heavy atom. The lowest BCUT2D eigenvalue weighted by Gasteiger charge is -2.34. The molecule has 2 aliphatic rings. The molecule has 1 unspecified atom stereocenters. The molecule has 1 atom stereocenters. The minimum Gasteiger partial charge on any atom is -0.337 e. The van der Waals surface area contributed by atoms with Crippen LogP contribution in [0.2, 0.25) is 0 Å². The van der Waals surface area contributed by atoms with Crippen LogP contribution in [0.4, 0.5) is 0 Å². The highest BCUT2D eigenvalue weighted by Crippen LogP contribution is 2.38. The van der Waals surface area contributed by atoms with Crippen molar-refractivity contribution < 1.29 is 4.52 Å². The molecular formula is C17H23ClN4OS. The van der Waals surface area contributed by atoms with Gasteiger partial charge in [0.2, 0.25) is 5.89 Å². The number of halogens is 1. The molecule has 1 aromatic carbocycles. The van der Waals surface area contributed by atoms with E-state index in [0.29, 0.717) is 11.7 Å². The number of hydrogen-bond donors (Lipinski definition) is 1.